The molecule has 2 N–H and O–H groups in total. The number of carbonyl (C=O) groups is 1. The van der Waals surface area contributed by atoms with Crippen molar-refractivity contribution in [3.63, 3.8) is 0 Å². The van der Waals surface area contributed by atoms with Crippen LogP contribution in [-0.2, 0) is 0 Å². The third-order valence-electron chi connectivity index (χ3n) is 2.54. The highest BCUT2D eigenvalue weighted by atomic mass is 16.5. The normalized spacial score (nSPS) is 10.2. The lowest BCUT2D eigenvalue weighted by Gasteiger charge is -2.02. The summed E-state index contributed by atoms with van der Waals surface area (Å²) in [6.07, 6.45) is 0. The van der Waals surface area contributed by atoms with Crippen molar-refractivity contribution in [2.45, 2.75) is 13.8 Å². The Morgan fingerprint density at radius 3 is 2.56 bits per heavy atom. The SMILES string of the molecule is CNc1ccc(C(=O)Nc2onc(C)c2C)nn1. The topological polar surface area (TPSA) is 92.9 Å². The number of nitrogens with zero attached hydrogens (tertiary/aromatic N) is 3. The molecule has 94 valence electrons. The first-order valence-corrected chi connectivity index (χ1v) is 5.37. The monoisotopic (exact) mass is 247 g/mol. The molecule has 0 aliphatic heterocycles. The average molecular weight is 247 g/mol. The van der Waals surface area contributed by atoms with Gasteiger partial charge in [-0.3, -0.25) is 10.1 Å². The van der Waals surface area contributed by atoms with Crippen LogP contribution in [-0.4, -0.2) is 28.3 Å². The van der Waals surface area contributed by atoms with Gasteiger partial charge in [0.1, 0.15) is 5.82 Å². The van der Waals surface area contributed by atoms with E-state index >= 15 is 0 Å². The predicted molar refractivity (Wildman–Crippen MR) is 65.5 cm³/mol. The van der Waals surface area contributed by atoms with Crippen molar-refractivity contribution in [2.24, 2.45) is 0 Å². The Morgan fingerprint density at radius 1 is 1.28 bits per heavy atom. The molecule has 0 aromatic carbocycles. The van der Waals surface area contributed by atoms with Gasteiger partial charge in [0, 0.05) is 12.6 Å². The molecule has 1 amide bonds. The Bertz CT molecular complexity index is 561. The van der Waals surface area contributed by atoms with Gasteiger partial charge in [-0.05, 0) is 26.0 Å². The van der Waals surface area contributed by atoms with Gasteiger partial charge in [-0.25, -0.2) is 0 Å². The quantitative estimate of drug-likeness (QED) is 0.851. The Balaban J connectivity index is 2.14. The third kappa shape index (κ3) is 2.29. The maximum atomic E-state index is 11.9. The molecule has 0 atom stereocenters. The van der Waals surface area contributed by atoms with Crippen LogP contribution in [0.1, 0.15) is 21.7 Å². The first kappa shape index (κ1) is 12.0. The molecule has 7 heteroatoms. The van der Waals surface area contributed by atoms with E-state index in [-0.39, 0.29) is 11.6 Å². The second-order valence-corrected chi connectivity index (χ2v) is 3.73. The van der Waals surface area contributed by atoms with Crippen LogP contribution in [0.4, 0.5) is 11.7 Å². The van der Waals surface area contributed by atoms with Gasteiger partial charge in [0.25, 0.3) is 5.91 Å². The summed E-state index contributed by atoms with van der Waals surface area (Å²) >= 11 is 0. The van der Waals surface area contributed by atoms with Crippen LogP contribution in [0.15, 0.2) is 16.7 Å². The number of hydrogen-bond acceptors (Lipinski definition) is 6. The maximum absolute atomic E-state index is 11.9. The molecule has 7 nitrogen and oxygen atoms in total. The first-order chi connectivity index (χ1) is 8.61. The minimum absolute atomic E-state index is 0.211. The van der Waals surface area contributed by atoms with Crippen molar-refractivity contribution in [3.05, 3.63) is 29.1 Å². The molecule has 18 heavy (non-hydrogen) atoms. The molecule has 0 spiro atoms. The molecule has 0 saturated carbocycles. The van der Waals surface area contributed by atoms with E-state index in [0.29, 0.717) is 11.7 Å². The number of rotatable bonds is 3. The lowest BCUT2D eigenvalue weighted by molar-refractivity contribution is 0.101. The summed E-state index contributed by atoms with van der Waals surface area (Å²) in [6, 6.07) is 3.24. The average Bonchev–Trinajstić information content (AvgIpc) is 2.71. The molecule has 2 aromatic heterocycles. The predicted octanol–water partition coefficient (Wildman–Crippen LogP) is 1.38. The second-order valence-electron chi connectivity index (χ2n) is 3.73. The summed E-state index contributed by atoms with van der Waals surface area (Å²) in [5.41, 5.74) is 1.74. The lowest BCUT2D eigenvalue weighted by Crippen LogP contribution is -2.14. The fourth-order valence-electron chi connectivity index (χ4n) is 1.29. The molecule has 0 saturated heterocycles. The smallest absolute Gasteiger partial charge is 0.278 e. The van der Waals surface area contributed by atoms with E-state index in [1.54, 1.807) is 26.1 Å². The number of anilines is 2. The highest BCUT2D eigenvalue weighted by molar-refractivity contribution is 6.02. The number of hydrogen-bond donors (Lipinski definition) is 2. The fourth-order valence-corrected chi connectivity index (χ4v) is 1.29. The summed E-state index contributed by atoms with van der Waals surface area (Å²) in [7, 11) is 1.73. The van der Waals surface area contributed by atoms with E-state index in [9.17, 15) is 4.79 Å². The van der Waals surface area contributed by atoms with Crippen LogP contribution >= 0.6 is 0 Å². The molecule has 0 bridgehead atoms. The largest absolute Gasteiger partial charge is 0.372 e. The van der Waals surface area contributed by atoms with E-state index in [0.717, 1.165) is 11.3 Å². The minimum atomic E-state index is -0.385. The zero-order chi connectivity index (χ0) is 13.1. The van der Waals surface area contributed by atoms with E-state index in [1.807, 2.05) is 6.92 Å². The summed E-state index contributed by atoms with van der Waals surface area (Å²) in [4.78, 5) is 11.9. The molecule has 2 heterocycles. The standard InChI is InChI=1S/C11H13N5O2/c1-6-7(2)16-18-11(6)13-10(17)8-4-5-9(12-3)15-14-8/h4-5H,1-3H3,(H,12,15)(H,13,17). The van der Waals surface area contributed by atoms with E-state index in [4.69, 9.17) is 4.52 Å². The Hall–Kier alpha value is -2.44. The van der Waals surface area contributed by atoms with Gasteiger partial charge >= 0.3 is 0 Å². The lowest BCUT2D eigenvalue weighted by atomic mass is 10.3. The molecular formula is C11H13N5O2. The van der Waals surface area contributed by atoms with Gasteiger partial charge in [-0.2, -0.15) is 0 Å². The van der Waals surface area contributed by atoms with E-state index < -0.39 is 0 Å². The van der Waals surface area contributed by atoms with Crippen LogP contribution in [0.3, 0.4) is 0 Å². The van der Waals surface area contributed by atoms with Crippen LogP contribution < -0.4 is 10.6 Å². The van der Waals surface area contributed by atoms with Crippen LogP contribution in [0.2, 0.25) is 0 Å². The Kier molecular flexibility index (Phi) is 3.22. The Morgan fingerprint density at radius 2 is 2.06 bits per heavy atom. The van der Waals surface area contributed by atoms with Crippen LogP contribution in [0.25, 0.3) is 0 Å². The molecular weight excluding hydrogens is 234 g/mol. The number of nitrogens with one attached hydrogen (secondary N) is 2. The van der Waals surface area contributed by atoms with Gasteiger partial charge < -0.3 is 9.84 Å². The summed E-state index contributed by atoms with van der Waals surface area (Å²) < 4.78 is 4.99. The number of aryl methyl sites for hydroxylation is 1. The van der Waals surface area contributed by atoms with Gasteiger partial charge in [0.2, 0.25) is 5.88 Å². The third-order valence-corrected chi connectivity index (χ3v) is 2.54. The molecule has 0 aliphatic carbocycles. The maximum Gasteiger partial charge on any atom is 0.278 e. The molecule has 2 rings (SSSR count). The van der Waals surface area contributed by atoms with Crippen molar-refractivity contribution in [2.75, 3.05) is 17.7 Å². The van der Waals surface area contributed by atoms with Gasteiger partial charge in [0.15, 0.2) is 5.69 Å². The van der Waals surface area contributed by atoms with Gasteiger partial charge in [-0.1, -0.05) is 5.16 Å². The number of carbonyl (C=O) groups excluding carboxylic acids is 1. The molecule has 0 unspecified atom stereocenters. The fraction of sp³-hybridized carbons (Fsp3) is 0.273. The molecule has 0 fully saturated rings. The summed E-state index contributed by atoms with van der Waals surface area (Å²) in [5.74, 6) is 0.541. The summed E-state index contributed by atoms with van der Waals surface area (Å²) in [5, 5.41) is 16.8. The first-order valence-electron chi connectivity index (χ1n) is 5.37. The highest BCUT2D eigenvalue weighted by Gasteiger charge is 2.14. The van der Waals surface area contributed by atoms with Crippen molar-refractivity contribution in [1.82, 2.24) is 15.4 Å². The zero-order valence-corrected chi connectivity index (χ0v) is 10.3. The van der Waals surface area contributed by atoms with Crippen molar-refractivity contribution in [3.8, 4) is 0 Å². The molecule has 0 radical (unpaired) electrons. The number of aromatic nitrogens is 3. The van der Waals surface area contributed by atoms with Crippen LogP contribution in [0.5, 0.6) is 0 Å². The minimum Gasteiger partial charge on any atom is -0.372 e. The van der Waals surface area contributed by atoms with E-state index in [2.05, 4.69) is 26.0 Å². The van der Waals surface area contributed by atoms with Gasteiger partial charge in [0.05, 0.1) is 5.69 Å². The molecule has 2 aromatic rings. The summed E-state index contributed by atoms with van der Waals surface area (Å²) in [6.45, 7) is 3.62. The highest BCUT2D eigenvalue weighted by Crippen LogP contribution is 2.17. The number of amides is 1. The molecule has 0 aliphatic rings. The second kappa shape index (κ2) is 4.82. The van der Waals surface area contributed by atoms with E-state index in [1.165, 1.54) is 0 Å². The van der Waals surface area contributed by atoms with Crippen LogP contribution in [0, 0.1) is 13.8 Å². The van der Waals surface area contributed by atoms with Gasteiger partial charge in [-0.15, -0.1) is 10.2 Å². The van der Waals surface area contributed by atoms with Crippen molar-refractivity contribution < 1.29 is 9.32 Å². The van der Waals surface area contributed by atoms with Crippen molar-refractivity contribution in [1.29, 1.82) is 0 Å². The van der Waals surface area contributed by atoms with Crippen molar-refractivity contribution >= 4 is 17.6 Å². The Labute approximate surface area is 104 Å². The zero-order valence-electron chi connectivity index (χ0n) is 10.3.